The van der Waals surface area contributed by atoms with E-state index in [1.165, 1.54) is 0 Å². The van der Waals surface area contributed by atoms with Crippen molar-refractivity contribution in [2.75, 3.05) is 0 Å². The molecule has 4 heteroatoms. The zero-order valence-electron chi connectivity index (χ0n) is 16.2. The van der Waals surface area contributed by atoms with Crippen LogP contribution in [0.25, 0.3) is 0 Å². The first kappa shape index (κ1) is 20.2. The molecule has 0 atom stereocenters. The molecular weight excluding hydrogens is 300 g/mol. The van der Waals surface area contributed by atoms with Crippen molar-refractivity contribution in [3.8, 4) is 5.75 Å². The summed E-state index contributed by atoms with van der Waals surface area (Å²) in [6, 6.07) is 3.87. The Morgan fingerprint density at radius 3 is 2.04 bits per heavy atom. The van der Waals surface area contributed by atoms with Crippen molar-refractivity contribution in [1.29, 1.82) is 0 Å². The van der Waals surface area contributed by atoms with Crippen LogP contribution in [0.3, 0.4) is 0 Å². The summed E-state index contributed by atoms with van der Waals surface area (Å²) < 4.78 is 0. The van der Waals surface area contributed by atoms with Crippen molar-refractivity contribution in [1.82, 2.24) is 5.43 Å². The van der Waals surface area contributed by atoms with Crippen LogP contribution in [0.4, 0.5) is 0 Å². The Labute approximate surface area is 146 Å². The number of rotatable bonds is 5. The van der Waals surface area contributed by atoms with E-state index < -0.39 is 0 Å². The molecule has 1 aromatic rings. The lowest BCUT2D eigenvalue weighted by atomic mass is 9.78. The van der Waals surface area contributed by atoms with Gasteiger partial charge < -0.3 is 5.11 Å². The summed E-state index contributed by atoms with van der Waals surface area (Å²) in [5.74, 6) is 0.276. The summed E-state index contributed by atoms with van der Waals surface area (Å²) in [5, 5.41) is 14.7. The summed E-state index contributed by atoms with van der Waals surface area (Å²) in [6.45, 7) is 14.5. The van der Waals surface area contributed by atoms with Crippen molar-refractivity contribution in [2.45, 2.75) is 78.6 Å². The summed E-state index contributed by atoms with van der Waals surface area (Å²) >= 11 is 0. The van der Waals surface area contributed by atoms with Crippen LogP contribution in [0.2, 0.25) is 0 Å². The van der Waals surface area contributed by atoms with Gasteiger partial charge in [-0.3, -0.25) is 4.79 Å². The minimum absolute atomic E-state index is 0.0704. The van der Waals surface area contributed by atoms with Crippen LogP contribution >= 0.6 is 0 Å². The number of carbonyl (C=O) groups excluding carboxylic acids is 1. The maximum absolute atomic E-state index is 11.6. The van der Waals surface area contributed by atoms with Gasteiger partial charge in [-0.2, -0.15) is 5.10 Å². The normalized spacial score (nSPS) is 12.6. The second-order valence-corrected chi connectivity index (χ2v) is 8.36. The van der Waals surface area contributed by atoms with E-state index in [2.05, 4.69) is 59.0 Å². The molecule has 0 aliphatic heterocycles. The molecule has 0 aromatic heterocycles. The first-order valence-corrected chi connectivity index (χ1v) is 8.66. The molecule has 0 spiro atoms. The van der Waals surface area contributed by atoms with Gasteiger partial charge in [0.15, 0.2) is 0 Å². The molecule has 0 aliphatic rings. The lowest BCUT2D eigenvalue weighted by Gasteiger charge is -2.27. The van der Waals surface area contributed by atoms with Crippen LogP contribution in [-0.2, 0) is 15.6 Å². The largest absolute Gasteiger partial charge is 0.507 e. The second kappa shape index (κ2) is 7.82. The standard InChI is InChI=1S/C20H32N2O2/c1-8-9-10-17(23)22-21-13-14-11-15(19(2,3)4)18(24)16(12-14)20(5,6)7/h11-13,24H,8-10H2,1-7H3,(H,22,23)/b21-13+. The molecule has 0 bridgehead atoms. The third-order valence-corrected chi connectivity index (χ3v) is 3.91. The average molecular weight is 332 g/mol. The van der Waals surface area contributed by atoms with Crippen LogP contribution < -0.4 is 5.43 Å². The quantitative estimate of drug-likeness (QED) is 0.610. The lowest BCUT2D eigenvalue weighted by Crippen LogP contribution is -2.19. The van der Waals surface area contributed by atoms with Gasteiger partial charge in [-0.05, 0) is 34.9 Å². The number of hydrogen-bond donors (Lipinski definition) is 2. The van der Waals surface area contributed by atoms with Crippen molar-refractivity contribution in [3.05, 3.63) is 28.8 Å². The van der Waals surface area contributed by atoms with Gasteiger partial charge in [0.2, 0.25) is 5.91 Å². The van der Waals surface area contributed by atoms with Gasteiger partial charge in [0.05, 0.1) is 6.21 Å². The molecular formula is C20H32N2O2. The van der Waals surface area contributed by atoms with Crippen LogP contribution in [0.1, 0.15) is 84.4 Å². The molecule has 0 unspecified atom stereocenters. The van der Waals surface area contributed by atoms with E-state index in [-0.39, 0.29) is 16.7 Å². The summed E-state index contributed by atoms with van der Waals surface area (Å²) in [5.41, 5.74) is 4.84. The highest BCUT2D eigenvalue weighted by Crippen LogP contribution is 2.39. The van der Waals surface area contributed by atoms with Crippen molar-refractivity contribution < 1.29 is 9.90 Å². The van der Waals surface area contributed by atoms with E-state index in [4.69, 9.17) is 0 Å². The van der Waals surface area contributed by atoms with E-state index in [9.17, 15) is 9.90 Å². The Morgan fingerprint density at radius 2 is 1.62 bits per heavy atom. The maximum atomic E-state index is 11.6. The number of carbonyl (C=O) groups is 1. The fraction of sp³-hybridized carbons (Fsp3) is 0.600. The highest BCUT2D eigenvalue weighted by atomic mass is 16.3. The topological polar surface area (TPSA) is 61.7 Å². The van der Waals surface area contributed by atoms with Crippen molar-refractivity contribution >= 4 is 12.1 Å². The summed E-state index contributed by atoms with van der Waals surface area (Å²) in [6.07, 6.45) is 3.99. The van der Waals surface area contributed by atoms with Crippen LogP contribution in [-0.4, -0.2) is 17.2 Å². The van der Waals surface area contributed by atoms with Gasteiger partial charge in [-0.15, -0.1) is 0 Å². The lowest BCUT2D eigenvalue weighted by molar-refractivity contribution is -0.121. The first-order chi connectivity index (χ1) is 11.0. The van der Waals surface area contributed by atoms with Gasteiger partial charge in [-0.1, -0.05) is 54.9 Å². The SMILES string of the molecule is CCCCC(=O)N/N=C/c1cc(C(C)(C)C)c(O)c(C(C)(C)C)c1. The predicted molar refractivity (Wildman–Crippen MR) is 101 cm³/mol. The zero-order chi connectivity index (χ0) is 18.5. The molecule has 24 heavy (non-hydrogen) atoms. The smallest absolute Gasteiger partial charge is 0.240 e. The highest BCUT2D eigenvalue weighted by molar-refractivity contribution is 5.83. The zero-order valence-corrected chi connectivity index (χ0v) is 16.2. The number of nitrogens with zero attached hydrogens (tertiary/aromatic N) is 1. The number of amides is 1. The maximum Gasteiger partial charge on any atom is 0.240 e. The molecule has 0 saturated heterocycles. The molecule has 2 N–H and O–H groups in total. The summed E-state index contributed by atoms with van der Waals surface area (Å²) in [7, 11) is 0. The minimum Gasteiger partial charge on any atom is -0.507 e. The molecule has 0 fully saturated rings. The van der Waals surface area contributed by atoms with Gasteiger partial charge in [0.1, 0.15) is 5.75 Å². The molecule has 1 rings (SSSR count). The monoisotopic (exact) mass is 332 g/mol. The van der Waals surface area contributed by atoms with E-state index in [0.29, 0.717) is 12.2 Å². The van der Waals surface area contributed by atoms with Crippen molar-refractivity contribution in [3.63, 3.8) is 0 Å². The van der Waals surface area contributed by atoms with Crippen molar-refractivity contribution in [2.24, 2.45) is 5.10 Å². The molecule has 0 saturated carbocycles. The number of unbranched alkanes of at least 4 members (excludes halogenated alkanes) is 1. The van der Waals surface area contributed by atoms with E-state index in [0.717, 1.165) is 29.5 Å². The Morgan fingerprint density at radius 1 is 1.12 bits per heavy atom. The van der Waals surface area contributed by atoms with Gasteiger partial charge in [0.25, 0.3) is 0 Å². The molecule has 134 valence electrons. The average Bonchev–Trinajstić information content (AvgIpc) is 2.44. The Kier molecular flexibility index (Phi) is 6.58. The number of hydrazone groups is 1. The molecule has 1 aromatic carbocycles. The van der Waals surface area contributed by atoms with E-state index >= 15 is 0 Å². The minimum atomic E-state index is -0.182. The molecule has 1 amide bonds. The fourth-order valence-electron chi connectivity index (χ4n) is 2.45. The molecule has 4 nitrogen and oxygen atoms in total. The fourth-order valence-corrected chi connectivity index (χ4v) is 2.45. The molecule has 0 heterocycles. The number of aromatic hydroxyl groups is 1. The Bertz CT molecular complexity index is 570. The number of hydrogen-bond acceptors (Lipinski definition) is 3. The van der Waals surface area contributed by atoms with E-state index in [1.807, 2.05) is 12.1 Å². The second-order valence-electron chi connectivity index (χ2n) is 8.36. The number of phenols is 1. The van der Waals surface area contributed by atoms with Crippen LogP contribution in [0.5, 0.6) is 5.75 Å². The third kappa shape index (κ3) is 5.66. The number of nitrogens with one attached hydrogen (secondary N) is 1. The van der Waals surface area contributed by atoms with Gasteiger partial charge >= 0.3 is 0 Å². The van der Waals surface area contributed by atoms with Gasteiger partial charge in [-0.25, -0.2) is 5.43 Å². The van der Waals surface area contributed by atoms with Crippen LogP contribution in [0.15, 0.2) is 17.2 Å². The van der Waals surface area contributed by atoms with Gasteiger partial charge in [0, 0.05) is 17.5 Å². The Balaban J connectivity index is 3.14. The highest BCUT2D eigenvalue weighted by Gasteiger charge is 2.26. The predicted octanol–water partition coefficient (Wildman–Crippen LogP) is 4.63. The van der Waals surface area contributed by atoms with Crippen LogP contribution in [0, 0.1) is 0 Å². The van der Waals surface area contributed by atoms with E-state index in [1.54, 1.807) is 6.21 Å². The molecule has 0 radical (unpaired) electrons. The number of benzene rings is 1. The Hall–Kier alpha value is -1.84. The number of phenolic OH excluding ortho intramolecular Hbond substituents is 1. The molecule has 0 aliphatic carbocycles. The first-order valence-electron chi connectivity index (χ1n) is 8.66. The summed E-state index contributed by atoms with van der Waals surface area (Å²) in [4.78, 5) is 11.6. The third-order valence-electron chi connectivity index (χ3n) is 3.91.